The fourth-order valence-corrected chi connectivity index (χ4v) is 3.24. The fourth-order valence-electron chi connectivity index (χ4n) is 3.24. The van der Waals surface area contributed by atoms with E-state index in [0.717, 1.165) is 26.1 Å². The Labute approximate surface area is 122 Å². The summed E-state index contributed by atoms with van der Waals surface area (Å²) >= 11 is 0. The summed E-state index contributed by atoms with van der Waals surface area (Å²) in [4.78, 5) is 2.55. The number of likely N-dealkylation sites (tertiary alicyclic amines) is 1. The van der Waals surface area contributed by atoms with Gasteiger partial charge in [-0.05, 0) is 46.2 Å². The molecule has 114 valence electrons. The molecular formula is C15H29N5. The van der Waals surface area contributed by atoms with Gasteiger partial charge in [0.05, 0.1) is 12.2 Å². The van der Waals surface area contributed by atoms with Gasteiger partial charge in [0.1, 0.15) is 0 Å². The van der Waals surface area contributed by atoms with Crippen molar-refractivity contribution in [2.75, 3.05) is 13.1 Å². The van der Waals surface area contributed by atoms with Crippen molar-refractivity contribution in [2.24, 2.45) is 5.84 Å². The highest BCUT2D eigenvalue weighted by atomic mass is 15.3. The molecule has 1 atom stereocenters. The number of hydrogen-bond donors (Lipinski definition) is 2. The van der Waals surface area contributed by atoms with Crippen LogP contribution in [0.2, 0.25) is 0 Å². The quantitative estimate of drug-likeness (QED) is 0.618. The number of nitrogens with zero attached hydrogens (tertiary/aromatic N) is 3. The maximum Gasteiger partial charge on any atom is 0.0669 e. The van der Waals surface area contributed by atoms with E-state index in [1.54, 1.807) is 0 Å². The minimum absolute atomic E-state index is 0.00471. The van der Waals surface area contributed by atoms with E-state index in [4.69, 9.17) is 5.84 Å². The molecule has 5 nitrogen and oxygen atoms in total. The van der Waals surface area contributed by atoms with Gasteiger partial charge in [-0.2, -0.15) is 5.10 Å². The number of hydrogen-bond acceptors (Lipinski definition) is 4. The minimum Gasteiger partial charge on any atom is -0.296 e. The molecule has 0 aliphatic carbocycles. The van der Waals surface area contributed by atoms with Crippen LogP contribution in [0.4, 0.5) is 0 Å². The summed E-state index contributed by atoms with van der Waals surface area (Å²) in [5.74, 6) is 5.87. The average molecular weight is 279 g/mol. The van der Waals surface area contributed by atoms with Crippen molar-refractivity contribution in [1.82, 2.24) is 20.1 Å². The molecule has 3 N–H and O–H groups in total. The zero-order valence-electron chi connectivity index (χ0n) is 13.1. The molecule has 20 heavy (non-hydrogen) atoms. The molecule has 1 aromatic heterocycles. The lowest BCUT2D eigenvalue weighted by Crippen LogP contribution is -2.55. The molecule has 0 amide bonds. The van der Waals surface area contributed by atoms with Crippen LogP contribution in [0, 0.1) is 0 Å². The Kier molecular flexibility index (Phi) is 5.18. The van der Waals surface area contributed by atoms with Crippen LogP contribution in [0.25, 0.3) is 0 Å². The van der Waals surface area contributed by atoms with E-state index in [2.05, 4.69) is 42.4 Å². The lowest BCUT2D eigenvalue weighted by atomic mass is 9.87. The molecular weight excluding hydrogens is 250 g/mol. The van der Waals surface area contributed by atoms with Gasteiger partial charge in [-0.3, -0.25) is 20.9 Å². The monoisotopic (exact) mass is 279 g/mol. The summed E-state index contributed by atoms with van der Waals surface area (Å²) in [7, 11) is 0. The molecule has 0 radical (unpaired) electrons. The zero-order valence-corrected chi connectivity index (χ0v) is 13.1. The average Bonchev–Trinajstić information content (AvgIpc) is 2.89. The SMILES string of the molecule is CCCn1cc(C(NN)C(C)(C)N2CCCCC2)cn1. The van der Waals surface area contributed by atoms with Gasteiger partial charge in [-0.25, -0.2) is 0 Å². The van der Waals surface area contributed by atoms with Crippen LogP contribution in [0.5, 0.6) is 0 Å². The number of aryl methyl sites for hydroxylation is 1. The molecule has 0 saturated carbocycles. The molecule has 0 spiro atoms. The molecule has 2 heterocycles. The van der Waals surface area contributed by atoms with Crippen molar-refractivity contribution in [3.05, 3.63) is 18.0 Å². The maximum absolute atomic E-state index is 5.87. The molecule has 2 rings (SSSR count). The van der Waals surface area contributed by atoms with E-state index in [-0.39, 0.29) is 11.6 Å². The standard InChI is InChI=1S/C15H29N5/c1-4-8-20-12-13(11-17-20)14(18-16)15(2,3)19-9-6-5-7-10-19/h11-12,14,18H,4-10,16H2,1-3H3. The summed E-state index contributed by atoms with van der Waals surface area (Å²) in [6.07, 6.45) is 9.09. The van der Waals surface area contributed by atoms with Gasteiger partial charge in [0.15, 0.2) is 0 Å². The Morgan fingerprint density at radius 3 is 2.65 bits per heavy atom. The second-order valence-electron chi connectivity index (χ2n) is 6.34. The normalized spacial score (nSPS) is 19.2. The van der Waals surface area contributed by atoms with Crippen molar-refractivity contribution in [3.8, 4) is 0 Å². The molecule has 1 unspecified atom stereocenters. The van der Waals surface area contributed by atoms with Gasteiger partial charge >= 0.3 is 0 Å². The number of piperidine rings is 1. The molecule has 1 saturated heterocycles. The first kappa shape index (κ1) is 15.5. The third-order valence-corrected chi connectivity index (χ3v) is 4.48. The first-order valence-electron chi connectivity index (χ1n) is 7.83. The molecule has 1 aliphatic heterocycles. The van der Waals surface area contributed by atoms with E-state index >= 15 is 0 Å². The molecule has 1 aliphatic rings. The van der Waals surface area contributed by atoms with Gasteiger partial charge in [-0.15, -0.1) is 0 Å². The van der Waals surface area contributed by atoms with Crippen LogP contribution in [-0.2, 0) is 6.54 Å². The zero-order chi connectivity index (χ0) is 14.6. The van der Waals surface area contributed by atoms with Crippen molar-refractivity contribution < 1.29 is 0 Å². The highest BCUT2D eigenvalue weighted by Crippen LogP contribution is 2.32. The van der Waals surface area contributed by atoms with Gasteiger partial charge < -0.3 is 0 Å². The van der Waals surface area contributed by atoms with E-state index in [0.29, 0.717) is 0 Å². The fraction of sp³-hybridized carbons (Fsp3) is 0.800. The Morgan fingerprint density at radius 2 is 2.05 bits per heavy atom. The van der Waals surface area contributed by atoms with E-state index in [1.807, 2.05) is 10.9 Å². The lowest BCUT2D eigenvalue weighted by molar-refractivity contribution is 0.0607. The molecule has 1 aromatic rings. The van der Waals surface area contributed by atoms with Gasteiger partial charge in [0.25, 0.3) is 0 Å². The third kappa shape index (κ3) is 3.22. The van der Waals surface area contributed by atoms with E-state index < -0.39 is 0 Å². The van der Waals surface area contributed by atoms with Crippen LogP contribution in [0.3, 0.4) is 0 Å². The van der Waals surface area contributed by atoms with Crippen LogP contribution in [0.1, 0.15) is 58.1 Å². The first-order valence-corrected chi connectivity index (χ1v) is 7.83. The van der Waals surface area contributed by atoms with Crippen molar-refractivity contribution >= 4 is 0 Å². The molecule has 0 aromatic carbocycles. The maximum atomic E-state index is 5.87. The van der Waals surface area contributed by atoms with Crippen LogP contribution < -0.4 is 11.3 Å². The van der Waals surface area contributed by atoms with Gasteiger partial charge in [0, 0.05) is 23.8 Å². The largest absolute Gasteiger partial charge is 0.296 e. The summed E-state index contributed by atoms with van der Waals surface area (Å²) in [5, 5.41) is 4.44. The number of aromatic nitrogens is 2. The van der Waals surface area contributed by atoms with Crippen LogP contribution in [0.15, 0.2) is 12.4 Å². The number of hydrazine groups is 1. The second-order valence-corrected chi connectivity index (χ2v) is 6.34. The van der Waals surface area contributed by atoms with Gasteiger partial charge in [-0.1, -0.05) is 13.3 Å². The van der Waals surface area contributed by atoms with Crippen molar-refractivity contribution in [2.45, 2.75) is 64.6 Å². The Bertz CT molecular complexity index is 406. The predicted molar refractivity (Wildman–Crippen MR) is 82.1 cm³/mol. The summed E-state index contributed by atoms with van der Waals surface area (Å²) in [5.41, 5.74) is 4.19. The van der Waals surface area contributed by atoms with E-state index in [1.165, 1.54) is 24.8 Å². The highest BCUT2D eigenvalue weighted by molar-refractivity contribution is 5.16. The van der Waals surface area contributed by atoms with Crippen LogP contribution in [-0.4, -0.2) is 33.3 Å². The van der Waals surface area contributed by atoms with Crippen molar-refractivity contribution in [3.63, 3.8) is 0 Å². The van der Waals surface area contributed by atoms with Crippen molar-refractivity contribution in [1.29, 1.82) is 0 Å². The molecule has 1 fully saturated rings. The van der Waals surface area contributed by atoms with E-state index in [9.17, 15) is 0 Å². The number of nitrogens with one attached hydrogen (secondary N) is 1. The molecule has 0 bridgehead atoms. The third-order valence-electron chi connectivity index (χ3n) is 4.48. The number of rotatable bonds is 6. The molecule has 5 heteroatoms. The summed E-state index contributed by atoms with van der Waals surface area (Å²) in [6.45, 7) is 10.0. The summed E-state index contributed by atoms with van der Waals surface area (Å²) < 4.78 is 2.01. The Hall–Kier alpha value is -0.910. The van der Waals surface area contributed by atoms with Gasteiger partial charge in [0.2, 0.25) is 0 Å². The second kappa shape index (κ2) is 6.70. The predicted octanol–water partition coefficient (Wildman–Crippen LogP) is 2.06. The Morgan fingerprint density at radius 1 is 1.35 bits per heavy atom. The first-order chi connectivity index (χ1) is 9.59. The summed E-state index contributed by atoms with van der Waals surface area (Å²) in [6, 6.07) is 0.103. The van der Waals surface area contributed by atoms with Crippen LogP contribution >= 0.6 is 0 Å². The Balaban J connectivity index is 2.15. The number of nitrogens with two attached hydrogens (primary N) is 1. The highest BCUT2D eigenvalue weighted by Gasteiger charge is 2.37. The lowest BCUT2D eigenvalue weighted by Gasteiger charge is -2.45. The smallest absolute Gasteiger partial charge is 0.0669 e. The topological polar surface area (TPSA) is 59.1 Å². The minimum atomic E-state index is -0.00471.